The Hall–Kier alpha value is -3.09. The summed E-state index contributed by atoms with van der Waals surface area (Å²) in [5.74, 6) is -3.20. The van der Waals surface area contributed by atoms with Gasteiger partial charge in [0.1, 0.15) is 0 Å². The Bertz CT molecular complexity index is 912. The van der Waals surface area contributed by atoms with Gasteiger partial charge < -0.3 is 5.32 Å². The van der Waals surface area contributed by atoms with Gasteiger partial charge >= 0.3 is 0 Å². The highest BCUT2D eigenvalue weighted by molar-refractivity contribution is 6.21. The van der Waals surface area contributed by atoms with Gasteiger partial charge in [0.05, 0.1) is 11.1 Å². The molecule has 0 radical (unpaired) electrons. The second kappa shape index (κ2) is 7.03. The van der Waals surface area contributed by atoms with E-state index in [-0.39, 0.29) is 36.9 Å². The number of anilines is 1. The minimum absolute atomic E-state index is 0.0332. The van der Waals surface area contributed by atoms with E-state index in [9.17, 15) is 23.2 Å². The molecule has 0 aromatic heterocycles. The first-order chi connectivity index (χ1) is 12.4. The molecule has 0 spiro atoms. The standard InChI is InChI=1S/C19H16F2N2O3/c1-11-4-6-13-14(9-11)19(26)23(18(13)25)8-2-3-17(24)22-12-5-7-15(20)16(21)10-12/h4-7,9-10H,2-3,8H2,1H3,(H,22,24). The predicted molar refractivity (Wildman–Crippen MR) is 90.8 cm³/mol. The third-order valence-electron chi connectivity index (χ3n) is 4.12. The summed E-state index contributed by atoms with van der Waals surface area (Å²) in [5, 5.41) is 2.45. The number of fused-ring (bicyclic) bond motifs is 1. The van der Waals surface area contributed by atoms with Crippen molar-refractivity contribution in [2.24, 2.45) is 0 Å². The smallest absolute Gasteiger partial charge is 0.261 e. The highest BCUT2D eigenvalue weighted by Gasteiger charge is 2.34. The van der Waals surface area contributed by atoms with E-state index >= 15 is 0 Å². The normalized spacial score (nSPS) is 13.1. The molecule has 134 valence electrons. The van der Waals surface area contributed by atoms with Crippen molar-refractivity contribution in [3.8, 4) is 0 Å². The first-order valence-corrected chi connectivity index (χ1v) is 8.08. The zero-order valence-corrected chi connectivity index (χ0v) is 14.0. The lowest BCUT2D eigenvalue weighted by Crippen LogP contribution is -2.31. The second-order valence-electron chi connectivity index (χ2n) is 6.09. The van der Waals surface area contributed by atoms with Crippen LogP contribution in [0.15, 0.2) is 36.4 Å². The Morgan fingerprint density at radius 3 is 2.46 bits per heavy atom. The third-order valence-corrected chi connectivity index (χ3v) is 4.12. The van der Waals surface area contributed by atoms with Gasteiger partial charge in [-0.25, -0.2) is 8.78 Å². The molecule has 1 N–H and O–H groups in total. The van der Waals surface area contributed by atoms with Crippen LogP contribution in [0.1, 0.15) is 39.1 Å². The first-order valence-electron chi connectivity index (χ1n) is 8.08. The quantitative estimate of drug-likeness (QED) is 0.834. The summed E-state index contributed by atoms with van der Waals surface area (Å²) in [7, 11) is 0. The van der Waals surface area contributed by atoms with Gasteiger partial charge in [-0.15, -0.1) is 0 Å². The van der Waals surface area contributed by atoms with Gasteiger partial charge in [0, 0.05) is 24.7 Å². The number of aryl methyl sites for hydroxylation is 1. The van der Waals surface area contributed by atoms with Crippen molar-refractivity contribution < 1.29 is 23.2 Å². The summed E-state index contributed by atoms with van der Waals surface area (Å²) >= 11 is 0. The van der Waals surface area contributed by atoms with E-state index in [0.29, 0.717) is 11.1 Å². The van der Waals surface area contributed by atoms with Gasteiger partial charge in [-0.3, -0.25) is 19.3 Å². The maximum absolute atomic E-state index is 13.1. The number of hydrogen-bond acceptors (Lipinski definition) is 3. The van der Waals surface area contributed by atoms with E-state index in [1.54, 1.807) is 18.2 Å². The molecule has 0 aliphatic carbocycles. The maximum Gasteiger partial charge on any atom is 0.261 e. The van der Waals surface area contributed by atoms with Crippen molar-refractivity contribution in [2.75, 3.05) is 11.9 Å². The molecule has 1 aliphatic heterocycles. The number of nitrogens with one attached hydrogen (secondary N) is 1. The van der Waals surface area contributed by atoms with E-state index < -0.39 is 17.5 Å². The molecule has 3 amide bonds. The summed E-state index contributed by atoms with van der Waals surface area (Å²) < 4.78 is 26.0. The van der Waals surface area contributed by atoms with E-state index in [0.717, 1.165) is 22.6 Å². The third kappa shape index (κ3) is 3.46. The average Bonchev–Trinajstić information content (AvgIpc) is 2.82. The van der Waals surface area contributed by atoms with Crippen LogP contribution < -0.4 is 5.32 Å². The highest BCUT2D eigenvalue weighted by Crippen LogP contribution is 2.24. The highest BCUT2D eigenvalue weighted by atomic mass is 19.2. The molecule has 26 heavy (non-hydrogen) atoms. The van der Waals surface area contributed by atoms with Gasteiger partial charge in [-0.1, -0.05) is 11.6 Å². The van der Waals surface area contributed by atoms with Crippen LogP contribution in [-0.2, 0) is 4.79 Å². The molecule has 0 unspecified atom stereocenters. The number of imide groups is 1. The Balaban J connectivity index is 1.55. The fourth-order valence-corrected chi connectivity index (χ4v) is 2.80. The number of hydrogen-bond donors (Lipinski definition) is 1. The molecule has 0 saturated heterocycles. The van der Waals surface area contributed by atoms with Crippen LogP contribution in [0.3, 0.4) is 0 Å². The largest absolute Gasteiger partial charge is 0.326 e. The van der Waals surface area contributed by atoms with E-state index in [4.69, 9.17) is 0 Å². The van der Waals surface area contributed by atoms with Gasteiger partial charge in [0.25, 0.3) is 11.8 Å². The van der Waals surface area contributed by atoms with Crippen LogP contribution in [0, 0.1) is 18.6 Å². The van der Waals surface area contributed by atoms with E-state index in [2.05, 4.69) is 5.32 Å². The van der Waals surface area contributed by atoms with Crippen LogP contribution in [0.5, 0.6) is 0 Å². The molecule has 3 rings (SSSR count). The number of rotatable bonds is 5. The van der Waals surface area contributed by atoms with Crippen molar-refractivity contribution in [1.82, 2.24) is 4.90 Å². The summed E-state index contributed by atoms with van der Waals surface area (Å²) in [6.45, 7) is 1.94. The Kier molecular flexibility index (Phi) is 4.79. The van der Waals surface area contributed by atoms with Crippen molar-refractivity contribution in [3.05, 3.63) is 64.7 Å². The van der Waals surface area contributed by atoms with Crippen LogP contribution in [0.25, 0.3) is 0 Å². The van der Waals surface area contributed by atoms with E-state index in [1.807, 2.05) is 6.92 Å². The van der Waals surface area contributed by atoms with Gasteiger partial charge in [-0.05, 0) is 37.6 Å². The molecule has 2 aromatic rings. The fourth-order valence-electron chi connectivity index (χ4n) is 2.80. The molecule has 1 heterocycles. The molecule has 0 fully saturated rings. The summed E-state index contributed by atoms with van der Waals surface area (Å²) in [6.07, 6.45) is 0.297. The van der Waals surface area contributed by atoms with Crippen molar-refractivity contribution in [1.29, 1.82) is 0 Å². The minimum Gasteiger partial charge on any atom is -0.326 e. The summed E-state index contributed by atoms with van der Waals surface area (Å²) in [4.78, 5) is 37.6. The van der Waals surface area contributed by atoms with Gasteiger partial charge in [-0.2, -0.15) is 0 Å². The Morgan fingerprint density at radius 2 is 1.73 bits per heavy atom. The van der Waals surface area contributed by atoms with Crippen molar-refractivity contribution in [2.45, 2.75) is 19.8 Å². The number of carbonyl (C=O) groups excluding carboxylic acids is 3. The lowest BCUT2D eigenvalue weighted by molar-refractivity contribution is -0.116. The van der Waals surface area contributed by atoms with Gasteiger partial charge in [0.2, 0.25) is 5.91 Å². The van der Waals surface area contributed by atoms with Crippen LogP contribution >= 0.6 is 0 Å². The van der Waals surface area contributed by atoms with E-state index in [1.165, 1.54) is 6.07 Å². The molecule has 0 bridgehead atoms. The van der Waals surface area contributed by atoms with Crippen LogP contribution in [0.4, 0.5) is 14.5 Å². The predicted octanol–water partition coefficient (Wildman–Crippen LogP) is 3.29. The topological polar surface area (TPSA) is 66.5 Å². The number of amides is 3. The zero-order chi connectivity index (χ0) is 18.8. The SMILES string of the molecule is Cc1ccc2c(c1)C(=O)N(CCCC(=O)Nc1ccc(F)c(F)c1)C2=O. The van der Waals surface area contributed by atoms with Gasteiger partial charge in [0.15, 0.2) is 11.6 Å². The molecular formula is C19H16F2N2O3. The lowest BCUT2D eigenvalue weighted by Gasteiger charge is -2.13. The molecule has 2 aromatic carbocycles. The first kappa shape index (κ1) is 17.7. The number of halogens is 2. The Morgan fingerprint density at radius 1 is 1.00 bits per heavy atom. The van der Waals surface area contributed by atoms with Crippen LogP contribution in [-0.4, -0.2) is 29.2 Å². The summed E-state index contributed by atoms with van der Waals surface area (Å²) in [6, 6.07) is 8.13. The minimum atomic E-state index is -1.05. The fraction of sp³-hybridized carbons (Fsp3) is 0.211. The second-order valence-corrected chi connectivity index (χ2v) is 6.09. The molecule has 0 saturated carbocycles. The van der Waals surface area contributed by atoms with Crippen molar-refractivity contribution >= 4 is 23.4 Å². The molecule has 5 nitrogen and oxygen atoms in total. The summed E-state index contributed by atoms with van der Waals surface area (Å²) in [5.41, 5.74) is 1.77. The average molecular weight is 358 g/mol. The number of benzene rings is 2. The molecular weight excluding hydrogens is 342 g/mol. The molecule has 7 heteroatoms. The molecule has 0 atom stereocenters. The zero-order valence-electron chi connectivity index (χ0n) is 14.0. The monoisotopic (exact) mass is 358 g/mol. The van der Waals surface area contributed by atoms with Crippen molar-refractivity contribution in [3.63, 3.8) is 0 Å². The lowest BCUT2D eigenvalue weighted by atomic mass is 10.1. The number of nitrogens with zero attached hydrogens (tertiary/aromatic N) is 1. The number of carbonyl (C=O) groups is 3. The molecule has 1 aliphatic rings. The maximum atomic E-state index is 13.1. The Labute approximate surface area is 148 Å². The van der Waals surface area contributed by atoms with Crippen LogP contribution in [0.2, 0.25) is 0 Å².